The van der Waals surface area contributed by atoms with Gasteiger partial charge in [-0.15, -0.1) is 0 Å². The monoisotopic (exact) mass is 368 g/mol. The Morgan fingerprint density at radius 3 is 2.48 bits per heavy atom. The van der Waals surface area contributed by atoms with Crippen molar-refractivity contribution in [3.8, 4) is 0 Å². The van der Waals surface area contributed by atoms with Gasteiger partial charge in [0.05, 0.1) is 0 Å². The lowest BCUT2D eigenvalue weighted by atomic mass is 9.87. The van der Waals surface area contributed by atoms with E-state index in [2.05, 4.69) is 11.2 Å². The minimum atomic E-state index is -0.567. The number of aryl methyl sites for hydroxylation is 3. The molecule has 2 aromatic rings. The van der Waals surface area contributed by atoms with Crippen LogP contribution in [0, 0.1) is 19.8 Å². The van der Waals surface area contributed by atoms with Crippen LogP contribution in [-0.2, 0) is 13.1 Å². The number of hydrogen-bond acceptors (Lipinski definition) is 4. The van der Waals surface area contributed by atoms with Gasteiger partial charge in [0, 0.05) is 37.7 Å². The zero-order chi connectivity index (χ0) is 19.3. The SMILES string of the molecule is CCn1nc2n(c(=O)c1=O)C[C@H]1CCN(C(=O)c3cc(C)cc(C)c3)C[C@H]21. The van der Waals surface area contributed by atoms with Crippen molar-refractivity contribution in [3.05, 3.63) is 61.4 Å². The van der Waals surface area contributed by atoms with E-state index in [4.69, 9.17) is 0 Å². The van der Waals surface area contributed by atoms with Gasteiger partial charge in [-0.3, -0.25) is 19.0 Å². The number of piperidine rings is 1. The zero-order valence-electron chi connectivity index (χ0n) is 15.9. The Morgan fingerprint density at radius 1 is 1.11 bits per heavy atom. The summed E-state index contributed by atoms with van der Waals surface area (Å²) in [5.41, 5.74) is 1.78. The summed E-state index contributed by atoms with van der Waals surface area (Å²) in [6.45, 7) is 7.86. The molecule has 1 aromatic heterocycles. The van der Waals surface area contributed by atoms with Crippen molar-refractivity contribution in [2.24, 2.45) is 5.92 Å². The lowest BCUT2D eigenvalue weighted by Crippen LogP contribution is -2.44. The number of benzene rings is 1. The molecule has 0 aliphatic carbocycles. The Kier molecular flexibility index (Phi) is 4.25. The van der Waals surface area contributed by atoms with E-state index in [9.17, 15) is 14.4 Å². The van der Waals surface area contributed by atoms with Gasteiger partial charge < -0.3 is 4.90 Å². The number of carbonyl (C=O) groups is 1. The molecule has 1 saturated heterocycles. The summed E-state index contributed by atoms with van der Waals surface area (Å²) < 4.78 is 2.76. The van der Waals surface area contributed by atoms with Crippen LogP contribution < -0.4 is 11.1 Å². The molecule has 3 heterocycles. The van der Waals surface area contributed by atoms with Gasteiger partial charge in [0.1, 0.15) is 5.82 Å². The number of amides is 1. The molecule has 4 rings (SSSR count). The number of aromatic nitrogens is 3. The molecule has 2 aliphatic rings. The molecule has 1 amide bonds. The molecule has 142 valence electrons. The van der Waals surface area contributed by atoms with Crippen molar-refractivity contribution in [1.29, 1.82) is 0 Å². The van der Waals surface area contributed by atoms with E-state index in [0.717, 1.165) is 17.5 Å². The quantitative estimate of drug-likeness (QED) is 0.749. The predicted octanol–water partition coefficient (Wildman–Crippen LogP) is 1.30. The summed E-state index contributed by atoms with van der Waals surface area (Å²) in [7, 11) is 0. The third-order valence-corrected chi connectivity index (χ3v) is 5.72. The molecule has 2 aliphatic heterocycles. The first kappa shape index (κ1) is 17.7. The van der Waals surface area contributed by atoms with Crippen LogP contribution >= 0.6 is 0 Å². The highest BCUT2D eigenvalue weighted by molar-refractivity contribution is 5.94. The fraction of sp³-hybridized carbons (Fsp3) is 0.500. The van der Waals surface area contributed by atoms with E-state index in [-0.39, 0.29) is 17.7 Å². The molecule has 0 spiro atoms. The van der Waals surface area contributed by atoms with Gasteiger partial charge in [0.25, 0.3) is 5.91 Å². The zero-order valence-corrected chi connectivity index (χ0v) is 15.9. The summed E-state index contributed by atoms with van der Waals surface area (Å²) >= 11 is 0. The van der Waals surface area contributed by atoms with Crippen molar-refractivity contribution in [2.45, 2.75) is 46.2 Å². The largest absolute Gasteiger partial charge is 0.338 e. The fourth-order valence-electron chi connectivity index (χ4n) is 4.43. The van der Waals surface area contributed by atoms with Crippen molar-refractivity contribution in [3.63, 3.8) is 0 Å². The number of hydrogen-bond donors (Lipinski definition) is 0. The number of nitrogens with zero attached hydrogens (tertiary/aromatic N) is 4. The lowest BCUT2D eigenvalue weighted by molar-refractivity contribution is 0.0667. The van der Waals surface area contributed by atoms with Crippen LogP contribution in [0.2, 0.25) is 0 Å². The van der Waals surface area contributed by atoms with Crippen LogP contribution in [0.4, 0.5) is 0 Å². The molecule has 2 atom stereocenters. The second-order valence-electron chi connectivity index (χ2n) is 7.68. The van der Waals surface area contributed by atoms with E-state index >= 15 is 0 Å². The lowest BCUT2D eigenvalue weighted by Gasteiger charge is -2.34. The van der Waals surface area contributed by atoms with Gasteiger partial charge >= 0.3 is 11.1 Å². The fourth-order valence-corrected chi connectivity index (χ4v) is 4.43. The predicted molar refractivity (Wildman–Crippen MR) is 101 cm³/mol. The Balaban J connectivity index is 1.66. The van der Waals surface area contributed by atoms with Gasteiger partial charge in [-0.05, 0) is 45.2 Å². The Morgan fingerprint density at radius 2 is 1.81 bits per heavy atom. The first-order valence-electron chi connectivity index (χ1n) is 9.48. The molecule has 0 saturated carbocycles. The second-order valence-corrected chi connectivity index (χ2v) is 7.68. The van der Waals surface area contributed by atoms with E-state index in [1.54, 1.807) is 6.92 Å². The van der Waals surface area contributed by atoms with Crippen molar-refractivity contribution in [1.82, 2.24) is 19.2 Å². The summed E-state index contributed by atoms with van der Waals surface area (Å²) in [6, 6.07) is 5.89. The third kappa shape index (κ3) is 2.91. The average molecular weight is 368 g/mol. The van der Waals surface area contributed by atoms with Gasteiger partial charge in [0.15, 0.2) is 0 Å². The molecule has 7 nitrogen and oxygen atoms in total. The Bertz CT molecular complexity index is 1020. The number of fused-ring (bicyclic) bond motifs is 3. The average Bonchev–Trinajstić information content (AvgIpc) is 3.01. The van der Waals surface area contributed by atoms with E-state index in [0.29, 0.717) is 37.6 Å². The topological polar surface area (TPSA) is 77.2 Å². The molecule has 0 unspecified atom stereocenters. The molecule has 27 heavy (non-hydrogen) atoms. The molecule has 1 fully saturated rings. The summed E-state index contributed by atoms with van der Waals surface area (Å²) in [4.78, 5) is 39.4. The smallest absolute Gasteiger partial charge is 0.332 e. The van der Waals surface area contributed by atoms with E-state index in [1.807, 2.05) is 30.9 Å². The summed E-state index contributed by atoms with van der Waals surface area (Å²) in [6.07, 6.45) is 0.810. The molecule has 0 bridgehead atoms. The number of rotatable bonds is 2. The van der Waals surface area contributed by atoms with Crippen molar-refractivity contribution in [2.75, 3.05) is 13.1 Å². The minimum Gasteiger partial charge on any atom is -0.338 e. The van der Waals surface area contributed by atoms with Gasteiger partial charge in [-0.2, -0.15) is 5.10 Å². The second kappa shape index (κ2) is 6.48. The van der Waals surface area contributed by atoms with Crippen molar-refractivity contribution < 1.29 is 4.79 Å². The molecular weight excluding hydrogens is 344 g/mol. The van der Waals surface area contributed by atoms with Gasteiger partial charge in [0.2, 0.25) is 0 Å². The highest BCUT2D eigenvalue weighted by Gasteiger charge is 2.41. The van der Waals surface area contributed by atoms with Gasteiger partial charge in [-0.1, -0.05) is 17.2 Å². The van der Waals surface area contributed by atoms with E-state index in [1.165, 1.54) is 9.25 Å². The molecule has 0 radical (unpaired) electrons. The van der Waals surface area contributed by atoms with E-state index < -0.39 is 11.1 Å². The Hall–Kier alpha value is -2.70. The standard InChI is InChI=1S/C20H24N4O3/c1-4-24-20(27)19(26)23-10-14-5-6-22(11-16(14)17(23)21-24)18(25)15-8-12(2)7-13(3)9-15/h7-9,14,16H,4-6,10-11H2,1-3H3/t14-,16+/m1/s1. The maximum Gasteiger partial charge on any atom is 0.332 e. The molecule has 7 heteroatoms. The normalized spacial score (nSPS) is 21.1. The maximum atomic E-state index is 13.0. The number of likely N-dealkylation sites (tertiary alicyclic amines) is 1. The highest BCUT2D eigenvalue weighted by Crippen LogP contribution is 2.37. The first-order chi connectivity index (χ1) is 12.9. The van der Waals surface area contributed by atoms with Crippen LogP contribution in [0.25, 0.3) is 0 Å². The molecular formula is C20H24N4O3. The van der Waals surface area contributed by atoms with Gasteiger partial charge in [-0.25, -0.2) is 4.68 Å². The first-order valence-corrected chi connectivity index (χ1v) is 9.48. The molecule has 1 aromatic carbocycles. The molecule has 0 N–H and O–H groups in total. The van der Waals surface area contributed by atoms with Crippen LogP contribution in [0.1, 0.15) is 46.6 Å². The van der Waals surface area contributed by atoms with Crippen LogP contribution in [-0.4, -0.2) is 38.2 Å². The maximum absolute atomic E-state index is 13.0. The Labute approximate surface area is 157 Å². The third-order valence-electron chi connectivity index (χ3n) is 5.72. The number of carbonyl (C=O) groups excluding carboxylic acids is 1. The van der Waals surface area contributed by atoms with Crippen molar-refractivity contribution >= 4 is 5.91 Å². The van der Waals surface area contributed by atoms with Crippen LogP contribution in [0.15, 0.2) is 27.8 Å². The minimum absolute atomic E-state index is 0.000272. The summed E-state index contributed by atoms with van der Waals surface area (Å²) in [5, 5.41) is 4.44. The summed E-state index contributed by atoms with van der Waals surface area (Å²) in [5.74, 6) is 0.912. The van der Waals surface area contributed by atoms with Crippen LogP contribution in [0.5, 0.6) is 0 Å². The van der Waals surface area contributed by atoms with Crippen LogP contribution in [0.3, 0.4) is 0 Å². The highest BCUT2D eigenvalue weighted by atomic mass is 16.2.